The van der Waals surface area contributed by atoms with Crippen molar-refractivity contribution in [2.45, 2.75) is 12.7 Å². The number of sulfonamides is 1. The molecule has 1 amide bonds. The topological polar surface area (TPSA) is 84.9 Å². The Morgan fingerprint density at radius 2 is 1.65 bits per heavy atom. The van der Waals surface area contributed by atoms with Crippen molar-refractivity contribution in [2.75, 3.05) is 30.1 Å². The molecule has 198 valence electrons. The molecule has 0 saturated heterocycles. The molecule has 0 radical (unpaired) electrons. The minimum absolute atomic E-state index is 0.00268. The van der Waals surface area contributed by atoms with Crippen LogP contribution >= 0.6 is 11.6 Å². The highest BCUT2D eigenvalue weighted by Crippen LogP contribution is 2.39. The number of carbonyl (C=O) groups is 1. The van der Waals surface area contributed by atoms with Gasteiger partial charge in [0.15, 0.2) is 11.5 Å². The second-order valence-corrected chi connectivity index (χ2v) is 10.1. The van der Waals surface area contributed by atoms with E-state index in [1.807, 2.05) is 0 Å². The molecule has 0 aliphatic carbocycles. The van der Waals surface area contributed by atoms with E-state index in [0.29, 0.717) is 6.07 Å². The maximum Gasteiger partial charge on any atom is 0.418 e. The van der Waals surface area contributed by atoms with Crippen molar-refractivity contribution in [3.05, 3.63) is 82.1 Å². The lowest BCUT2D eigenvalue weighted by Gasteiger charge is -2.26. The number of carbonyl (C=O) groups excluding carboxylic acids is 1. The summed E-state index contributed by atoms with van der Waals surface area (Å²) in [5.41, 5.74) is -2.47. The number of amides is 1. The molecule has 37 heavy (non-hydrogen) atoms. The van der Waals surface area contributed by atoms with Crippen molar-refractivity contribution in [1.29, 1.82) is 0 Å². The molecule has 0 aliphatic heterocycles. The van der Waals surface area contributed by atoms with Crippen molar-refractivity contribution in [1.82, 2.24) is 0 Å². The van der Waals surface area contributed by atoms with Crippen LogP contribution in [0.25, 0.3) is 0 Å². The molecule has 7 nitrogen and oxygen atoms in total. The fraction of sp³-hybridized carbons (Fsp3) is 0.208. The summed E-state index contributed by atoms with van der Waals surface area (Å²) in [6, 6.07) is 10.5. The summed E-state index contributed by atoms with van der Waals surface area (Å²) >= 11 is 5.71. The van der Waals surface area contributed by atoms with Crippen molar-refractivity contribution in [2.24, 2.45) is 0 Å². The summed E-state index contributed by atoms with van der Waals surface area (Å²) in [7, 11) is -1.62. The predicted octanol–water partition coefficient (Wildman–Crippen LogP) is 5.73. The highest BCUT2D eigenvalue weighted by atomic mass is 35.5. The van der Waals surface area contributed by atoms with E-state index in [2.05, 4.69) is 5.32 Å². The van der Waals surface area contributed by atoms with Gasteiger partial charge in [-0.1, -0.05) is 29.8 Å². The molecule has 0 atom stereocenters. The number of methoxy groups -OCH3 is 2. The maximum atomic E-state index is 14.4. The zero-order valence-electron chi connectivity index (χ0n) is 19.7. The highest BCUT2D eigenvalue weighted by molar-refractivity contribution is 7.92. The van der Waals surface area contributed by atoms with E-state index in [1.165, 1.54) is 38.5 Å². The zero-order chi connectivity index (χ0) is 27.5. The summed E-state index contributed by atoms with van der Waals surface area (Å²) in [5.74, 6) is -1.76. The molecule has 0 fully saturated rings. The molecule has 0 unspecified atom stereocenters. The van der Waals surface area contributed by atoms with E-state index in [-0.39, 0.29) is 33.3 Å². The first kappa shape index (κ1) is 28.1. The highest BCUT2D eigenvalue weighted by Gasteiger charge is 2.35. The van der Waals surface area contributed by atoms with Crippen LogP contribution in [0.5, 0.6) is 11.5 Å². The molecule has 0 heterocycles. The van der Waals surface area contributed by atoms with Crippen LogP contribution in [0.2, 0.25) is 5.02 Å². The minimum Gasteiger partial charge on any atom is -0.493 e. The molecule has 3 rings (SSSR count). The van der Waals surface area contributed by atoms with Crippen LogP contribution in [0.4, 0.5) is 28.9 Å². The normalized spacial score (nSPS) is 11.7. The number of hydrogen-bond acceptors (Lipinski definition) is 5. The van der Waals surface area contributed by atoms with Gasteiger partial charge in [-0.15, -0.1) is 0 Å². The number of nitrogens with zero attached hydrogens (tertiary/aromatic N) is 1. The maximum absolute atomic E-state index is 14.4. The summed E-state index contributed by atoms with van der Waals surface area (Å²) < 4.78 is 91.9. The van der Waals surface area contributed by atoms with E-state index >= 15 is 0 Å². The number of anilines is 2. The smallest absolute Gasteiger partial charge is 0.418 e. The molecule has 0 saturated carbocycles. The number of ether oxygens (including phenoxy) is 2. The number of hydrogen-bond donors (Lipinski definition) is 1. The van der Waals surface area contributed by atoms with Crippen LogP contribution in [0.15, 0.2) is 54.6 Å². The van der Waals surface area contributed by atoms with Gasteiger partial charge >= 0.3 is 6.18 Å². The van der Waals surface area contributed by atoms with Gasteiger partial charge in [0.1, 0.15) is 5.82 Å². The first-order valence-corrected chi connectivity index (χ1v) is 12.6. The first-order valence-electron chi connectivity index (χ1n) is 10.4. The Balaban J connectivity index is 2.19. The number of nitrogens with one attached hydrogen (secondary N) is 1. The van der Waals surface area contributed by atoms with Crippen molar-refractivity contribution >= 4 is 38.9 Å². The van der Waals surface area contributed by atoms with Crippen LogP contribution in [0, 0.1) is 5.82 Å². The average molecular weight is 561 g/mol. The fourth-order valence-electron chi connectivity index (χ4n) is 3.47. The number of rotatable bonds is 8. The van der Waals surface area contributed by atoms with Crippen molar-refractivity contribution < 1.29 is 40.2 Å². The molecule has 3 aromatic carbocycles. The van der Waals surface area contributed by atoms with Gasteiger partial charge in [-0.05, 0) is 30.3 Å². The van der Waals surface area contributed by atoms with Gasteiger partial charge in [0, 0.05) is 16.7 Å². The number of benzene rings is 3. The largest absolute Gasteiger partial charge is 0.493 e. The van der Waals surface area contributed by atoms with E-state index in [9.17, 15) is 30.8 Å². The van der Waals surface area contributed by atoms with Gasteiger partial charge < -0.3 is 14.8 Å². The lowest BCUT2D eigenvalue weighted by molar-refractivity contribution is -0.136. The molecular formula is C24H21ClF4N2O5S. The Morgan fingerprint density at radius 3 is 2.22 bits per heavy atom. The Bertz CT molecular complexity index is 1430. The summed E-state index contributed by atoms with van der Waals surface area (Å²) in [4.78, 5) is 13.3. The number of halogens is 5. The van der Waals surface area contributed by atoms with Crippen LogP contribution in [-0.4, -0.2) is 34.8 Å². The Morgan fingerprint density at radius 1 is 1.03 bits per heavy atom. The standard InChI is InChI=1S/C24H21ClF4N2O5S/c1-35-21-11-16(23(32)30-19-9-8-15(25)10-17(19)24(27,28)29)20(12-22(21)36-2)31(37(3,33)34)13-14-6-4-5-7-18(14)26/h4-12H,13H2,1-3H3,(H,30,32). The number of alkyl halides is 3. The monoisotopic (exact) mass is 560 g/mol. The fourth-order valence-corrected chi connectivity index (χ4v) is 4.52. The Hall–Kier alpha value is -3.51. The summed E-state index contributed by atoms with van der Waals surface area (Å²) in [6.07, 6.45) is -4.01. The lowest BCUT2D eigenvalue weighted by atomic mass is 10.1. The van der Waals surface area contributed by atoms with Gasteiger partial charge in [-0.25, -0.2) is 12.8 Å². The molecule has 0 bridgehead atoms. The van der Waals surface area contributed by atoms with Crippen LogP contribution in [0.3, 0.4) is 0 Å². The second kappa shape index (κ2) is 10.9. The Labute approximate surface area is 215 Å². The third kappa shape index (κ3) is 6.44. The van der Waals surface area contributed by atoms with Crippen LogP contribution in [-0.2, 0) is 22.7 Å². The van der Waals surface area contributed by atoms with Crippen LogP contribution in [0.1, 0.15) is 21.5 Å². The van der Waals surface area contributed by atoms with Gasteiger partial charge in [-0.2, -0.15) is 13.2 Å². The van der Waals surface area contributed by atoms with E-state index in [1.54, 1.807) is 0 Å². The quantitative estimate of drug-likeness (QED) is 0.356. The van der Waals surface area contributed by atoms with Gasteiger partial charge in [0.25, 0.3) is 5.91 Å². The average Bonchev–Trinajstić information content (AvgIpc) is 2.82. The third-order valence-corrected chi connectivity index (χ3v) is 6.58. The lowest BCUT2D eigenvalue weighted by Crippen LogP contribution is -2.32. The predicted molar refractivity (Wildman–Crippen MR) is 131 cm³/mol. The third-order valence-electron chi connectivity index (χ3n) is 5.22. The Kier molecular flexibility index (Phi) is 8.23. The molecule has 0 aromatic heterocycles. The second-order valence-electron chi connectivity index (χ2n) is 7.73. The summed E-state index contributed by atoms with van der Waals surface area (Å²) in [6.45, 7) is -0.518. The van der Waals surface area contributed by atoms with Crippen molar-refractivity contribution in [3.8, 4) is 11.5 Å². The van der Waals surface area contributed by atoms with Gasteiger partial charge in [-0.3, -0.25) is 9.10 Å². The molecule has 3 aromatic rings. The molecule has 0 spiro atoms. The van der Waals surface area contributed by atoms with E-state index in [0.717, 1.165) is 34.8 Å². The zero-order valence-corrected chi connectivity index (χ0v) is 21.3. The summed E-state index contributed by atoms with van der Waals surface area (Å²) in [5, 5.41) is 1.96. The van der Waals surface area contributed by atoms with Crippen molar-refractivity contribution in [3.63, 3.8) is 0 Å². The van der Waals surface area contributed by atoms with Gasteiger partial charge in [0.2, 0.25) is 10.0 Å². The van der Waals surface area contributed by atoms with Gasteiger partial charge in [0.05, 0.1) is 49.5 Å². The SMILES string of the molecule is COc1cc(C(=O)Nc2ccc(Cl)cc2C(F)(F)F)c(N(Cc2ccccc2F)S(C)(=O)=O)cc1OC. The van der Waals surface area contributed by atoms with Crippen LogP contribution < -0.4 is 19.1 Å². The van der Waals surface area contributed by atoms with E-state index in [4.69, 9.17) is 21.1 Å². The van der Waals surface area contributed by atoms with E-state index < -0.39 is 45.7 Å². The first-order chi connectivity index (χ1) is 17.3. The molecule has 1 N–H and O–H groups in total. The molecule has 13 heteroatoms. The molecule has 0 aliphatic rings. The minimum atomic E-state index is -4.85. The molecular weight excluding hydrogens is 540 g/mol.